The van der Waals surface area contributed by atoms with Gasteiger partial charge in [0.1, 0.15) is 11.9 Å². The Morgan fingerprint density at radius 2 is 1.74 bits per heavy atom. The smallest absolute Gasteiger partial charge is 0.274 e. The minimum Gasteiger partial charge on any atom is -0.340 e. The van der Waals surface area contributed by atoms with Gasteiger partial charge in [0.2, 0.25) is 5.91 Å². The molecule has 27 heavy (non-hydrogen) atoms. The molecule has 142 valence electrons. The summed E-state index contributed by atoms with van der Waals surface area (Å²) in [5, 5.41) is 16.3. The SMILES string of the molecule is Cc1c(NC(=O)[C@@H](NC(=O)c2ccc(F)cc2)C(C)C)cccc1[N+](=O)[O-]. The van der Waals surface area contributed by atoms with E-state index in [1.54, 1.807) is 19.9 Å². The first kappa shape index (κ1) is 20.0. The van der Waals surface area contributed by atoms with Crippen molar-refractivity contribution >= 4 is 23.2 Å². The zero-order valence-electron chi connectivity index (χ0n) is 15.2. The van der Waals surface area contributed by atoms with Crippen LogP contribution in [0.3, 0.4) is 0 Å². The Labute approximate surface area is 155 Å². The fraction of sp³-hybridized carbons (Fsp3) is 0.263. The van der Waals surface area contributed by atoms with Crippen molar-refractivity contribution in [3.8, 4) is 0 Å². The average Bonchev–Trinajstić information content (AvgIpc) is 2.61. The van der Waals surface area contributed by atoms with E-state index in [0.717, 1.165) is 12.1 Å². The third kappa shape index (κ3) is 4.87. The molecule has 0 fully saturated rings. The summed E-state index contributed by atoms with van der Waals surface area (Å²) in [5.41, 5.74) is 0.740. The first-order valence-corrected chi connectivity index (χ1v) is 8.32. The van der Waals surface area contributed by atoms with E-state index in [1.807, 2.05) is 0 Å². The van der Waals surface area contributed by atoms with Gasteiger partial charge >= 0.3 is 0 Å². The molecule has 2 aromatic carbocycles. The minimum atomic E-state index is -0.874. The number of carbonyl (C=O) groups excluding carboxylic acids is 2. The molecule has 0 bridgehead atoms. The molecule has 1 atom stereocenters. The second-order valence-electron chi connectivity index (χ2n) is 6.40. The Balaban J connectivity index is 2.18. The molecule has 0 spiro atoms. The van der Waals surface area contributed by atoms with E-state index in [0.29, 0.717) is 11.3 Å². The molecular weight excluding hydrogens is 353 g/mol. The Morgan fingerprint density at radius 3 is 2.30 bits per heavy atom. The number of nitrogens with zero attached hydrogens (tertiary/aromatic N) is 1. The van der Waals surface area contributed by atoms with Crippen LogP contribution in [0.5, 0.6) is 0 Å². The lowest BCUT2D eigenvalue weighted by Gasteiger charge is -2.22. The van der Waals surface area contributed by atoms with Gasteiger partial charge in [0, 0.05) is 11.6 Å². The lowest BCUT2D eigenvalue weighted by Crippen LogP contribution is -2.47. The van der Waals surface area contributed by atoms with Gasteiger partial charge in [-0.2, -0.15) is 0 Å². The Kier molecular flexibility index (Phi) is 6.23. The topological polar surface area (TPSA) is 101 Å². The number of hydrogen-bond donors (Lipinski definition) is 2. The molecule has 0 aliphatic rings. The van der Waals surface area contributed by atoms with Gasteiger partial charge in [0.25, 0.3) is 11.6 Å². The number of nitro benzene ring substituents is 1. The number of halogens is 1. The largest absolute Gasteiger partial charge is 0.340 e. The third-order valence-electron chi connectivity index (χ3n) is 4.10. The van der Waals surface area contributed by atoms with Crippen LogP contribution in [-0.4, -0.2) is 22.8 Å². The van der Waals surface area contributed by atoms with E-state index in [1.165, 1.54) is 31.2 Å². The summed E-state index contributed by atoms with van der Waals surface area (Å²) in [7, 11) is 0. The number of rotatable bonds is 6. The van der Waals surface area contributed by atoms with Gasteiger partial charge in [0.15, 0.2) is 0 Å². The molecule has 8 heteroatoms. The highest BCUT2D eigenvalue weighted by Crippen LogP contribution is 2.25. The molecule has 7 nitrogen and oxygen atoms in total. The van der Waals surface area contributed by atoms with Crippen molar-refractivity contribution in [3.05, 3.63) is 69.5 Å². The predicted molar refractivity (Wildman–Crippen MR) is 99.0 cm³/mol. The number of amides is 2. The molecule has 0 aromatic heterocycles. The summed E-state index contributed by atoms with van der Waals surface area (Å²) in [4.78, 5) is 35.5. The third-order valence-corrected chi connectivity index (χ3v) is 4.10. The Hall–Kier alpha value is -3.29. The van der Waals surface area contributed by atoms with Crippen LogP contribution in [0.15, 0.2) is 42.5 Å². The average molecular weight is 373 g/mol. The summed E-state index contributed by atoms with van der Waals surface area (Å²) in [6.07, 6.45) is 0. The number of nitro groups is 1. The normalized spacial score (nSPS) is 11.7. The standard InChI is InChI=1S/C19H20FN3O4/c1-11(2)17(22-18(24)13-7-9-14(20)10-8-13)19(25)21-15-5-4-6-16(12(15)3)23(26)27/h4-11,17H,1-3H3,(H,21,25)(H,22,24)/t17-/m0/s1. The first-order chi connectivity index (χ1) is 12.7. The molecule has 2 N–H and O–H groups in total. The molecule has 2 amide bonds. The lowest BCUT2D eigenvalue weighted by atomic mass is 10.0. The summed E-state index contributed by atoms with van der Waals surface area (Å²) < 4.78 is 13.0. The summed E-state index contributed by atoms with van der Waals surface area (Å²) in [6, 6.07) is 8.47. The molecule has 2 rings (SSSR count). The number of hydrogen-bond acceptors (Lipinski definition) is 4. The highest BCUT2D eigenvalue weighted by molar-refractivity contribution is 6.01. The van der Waals surface area contributed by atoms with Crippen LogP contribution >= 0.6 is 0 Å². The first-order valence-electron chi connectivity index (χ1n) is 8.32. The minimum absolute atomic E-state index is 0.107. The summed E-state index contributed by atoms with van der Waals surface area (Å²) >= 11 is 0. The van der Waals surface area contributed by atoms with Crippen LogP contribution in [0.2, 0.25) is 0 Å². The van der Waals surface area contributed by atoms with Gasteiger partial charge in [-0.15, -0.1) is 0 Å². The predicted octanol–water partition coefficient (Wildman–Crippen LogP) is 3.44. The monoisotopic (exact) mass is 373 g/mol. The highest BCUT2D eigenvalue weighted by atomic mass is 19.1. The summed E-state index contributed by atoms with van der Waals surface area (Å²) in [5.74, 6) is -1.72. The van der Waals surface area contributed by atoms with Crippen molar-refractivity contribution in [1.29, 1.82) is 0 Å². The van der Waals surface area contributed by atoms with Gasteiger partial charge in [-0.05, 0) is 43.2 Å². The van der Waals surface area contributed by atoms with Crippen molar-refractivity contribution < 1.29 is 18.9 Å². The highest BCUT2D eigenvalue weighted by Gasteiger charge is 2.26. The zero-order chi connectivity index (χ0) is 20.1. The zero-order valence-corrected chi connectivity index (χ0v) is 15.2. The fourth-order valence-corrected chi connectivity index (χ4v) is 2.53. The van der Waals surface area contributed by atoms with Crippen LogP contribution in [0.4, 0.5) is 15.8 Å². The van der Waals surface area contributed by atoms with E-state index < -0.39 is 28.6 Å². The molecule has 0 saturated heterocycles. The van der Waals surface area contributed by atoms with Gasteiger partial charge in [-0.25, -0.2) is 4.39 Å². The van der Waals surface area contributed by atoms with E-state index in [4.69, 9.17) is 0 Å². The number of anilines is 1. The van der Waals surface area contributed by atoms with Crippen LogP contribution in [0.25, 0.3) is 0 Å². The molecule has 0 heterocycles. The van der Waals surface area contributed by atoms with E-state index in [2.05, 4.69) is 10.6 Å². The van der Waals surface area contributed by atoms with E-state index >= 15 is 0 Å². The van der Waals surface area contributed by atoms with Crippen LogP contribution < -0.4 is 10.6 Å². The molecule has 0 aliphatic heterocycles. The molecule has 0 saturated carbocycles. The molecule has 0 unspecified atom stereocenters. The van der Waals surface area contributed by atoms with Crippen molar-refractivity contribution in [3.63, 3.8) is 0 Å². The Bertz CT molecular complexity index is 866. The maximum Gasteiger partial charge on any atom is 0.274 e. The van der Waals surface area contributed by atoms with E-state index in [9.17, 15) is 24.1 Å². The molecule has 0 aliphatic carbocycles. The molecule has 0 radical (unpaired) electrons. The second kappa shape index (κ2) is 8.39. The number of carbonyl (C=O) groups is 2. The maximum absolute atomic E-state index is 13.0. The second-order valence-corrected chi connectivity index (χ2v) is 6.40. The maximum atomic E-state index is 13.0. The lowest BCUT2D eigenvalue weighted by molar-refractivity contribution is -0.385. The van der Waals surface area contributed by atoms with Crippen molar-refractivity contribution in [1.82, 2.24) is 5.32 Å². The molecular formula is C19H20FN3O4. The van der Waals surface area contributed by atoms with Gasteiger partial charge in [-0.1, -0.05) is 19.9 Å². The fourth-order valence-electron chi connectivity index (χ4n) is 2.53. The van der Waals surface area contributed by atoms with Crippen LogP contribution in [0, 0.1) is 28.8 Å². The van der Waals surface area contributed by atoms with Gasteiger partial charge in [-0.3, -0.25) is 19.7 Å². The number of benzene rings is 2. The van der Waals surface area contributed by atoms with E-state index in [-0.39, 0.29) is 17.2 Å². The van der Waals surface area contributed by atoms with Crippen molar-refractivity contribution in [2.45, 2.75) is 26.8 Å². The van der Waals surface area contributed by atoms with Gasteiger partial charge < -0.3 is 10.6 Å². The van der Waals surface area contributed by atoms with Crippen molar-refractivity contribution in [2.24, 2.45) is 5.92 Å². The van der Waals surface area contributed by atoms with Crippen LogP contribution in [-0.2, 0) is 4.79 Å². The van der Waals surface area contributed by atoms with Crippen molar-refractivity contribution in [2.75, 3.05) is 5.32 Å². The van der Waals surface area contributed by atoms with Crippen LogP contribution in [0.1, 0.15) is 29.8 Å². The number of nitrogens with one attached hydrogen (secondary N) is 2. The van der Waals surface area contributed by atoms with Gasteiger partial charge in [0.05, 0.1) is 16.2 Å². The Morgan fingerprint density at radius 1 is 1.11 bits per heavy atom. The quantitative estimate of drug-likeness (QED) is 0.598. The summed E-state index contributed by atoms with van der Waals surface area (Å²) in [6.45, 7) is 5.06. The molecule has 2 aromatic rings.